The highest BCUT2D eigenvalue weighted by atomic mass is 15.1. The van der Waals surface area contributed by atoms with Gasteiger partial charge in [0.15, 0.2) is 0 Å². The number of benzene rings is 2. The minimum Gasteiger partial charge on any atom is -0.351 e. The number of fused-ring (bicyclic) bond motifs is 2. The molecule has 3 aromatic rings. The van der Waals surface area contributed by atoms with E-state index in [-0.39, 0.29) is 0 Å². The zero-order chi connectivity index (χ0) is 20.8. The molecule has 30 heavy (non-hydrogen) atoms. The first-order valence-electron chi connectivity index (χ1n) is 10.7. The Labute approximate surface area is 179 Å². The van der Waals surface area contributed by atoms with Crippen LogP contribution >= 0.6 is 0 Å². The Balaban J connectivity index is 0.000000230. The van der Waals surface area contributed by atoms with E-state index in [4.69, 9.17) is 5.73 Å². The molecule has 0 spiro atoms. The largest absolute Gasteiger partial charge is 0.351 e. The first-order chi connectivity index (χ1) is 14.8. The van der Waals surface area contributed by atoms with Gasteiger partial charge in [-0.1, -0.05) is 66.3 Å². The van der Waals surface area contributed by atoms with Crippen LogP contribution in [-0.4, -0.2) is 41.5 Å². The molecule has 2 aliphatic rings. The van der Waals surface area contributed by atoms with Crippen molar-refractivity contribution in [3.63, 3.8) is 0 Å². The Morgan fingerprint density at radius 1 is 0.933 bits per heavy atom. The summed E-state index contributed by atoms with van der Waals surface area (Å²) in [7, 11) is 2.22. The number of aromatic nitrogens is 2. The van der Waals surface area contributed by atoms with Crippen LogP contribution in [0.25, 0.3) is 17.7 Å². The molecule has 0 saturated carbocycles. The van der Waals surface area contributed by atoms with E-state index in [0.717, 1.165) is 25.2 Å². The van der Waals surface area contributed by atoms with Crippen molar-refractivity contribution in [3.05, 3.63) is 94.6 Å². The molecule has 1 aliphatic carbocycles. The fourth-order valence-electron chi connectivity index (χ4n) is 4.16. The SMILES string of the molecule is CN1CCC(=C2c3ccccc3C=Cc3ccccc32)CC1.NCCc1c[nH]cn1. The van der Waals surface area contributed by atoms with Crippen LogP contribution in [0.1, 0.15) is 40.8 Å². The number of hydrogen-bond donors (Lipinski definition) is 2. The predicted molar refractivity (Wildman–Crippen MR) is 126 cm³/mol. The standard InChI is InChI=1S/C21H21N.C5H9N3/c1-22-14-12-18(13-15-22)21-19-8-4-2-6-16(19)10-11-17-7-3-5-9-20(17)21;6-2-1-5-3-7-4-8-5/h2-11H,12-15H2,1H3;3-4H,1-2,6H2,(H,7,8). The molecule has 1 saturated heterocycles. The van der Waals surface area contributed by atoms with Crippen LogP contribution < -0.4 is 5.73 Å². The Hall–Kier alpha value is -2.95. The smallest absolute Gasteiger partial charge is 0.0923 e. The minimum atomic E-state index is 0.671. The van der Waals surface area contributed by atoms with Gasteiger partial charge in [0, 0.05) is 25.7 Å². The molecule has 1 aromatic heterocycles. The van der Waals surface area contributed by atoms with E-state index in [1.54, 1.807) is 11.9 Å². The van der Waals surface area contributed by atoms with Gasteiger partial charge in [-0.05, 0) is 54.3 Å². The molecule has 4 heteroatoms. The highest BCUT2D eigenvalue weighted by molar-refractivity contribution is 5.94. The Kier molecular flexibility index (Phi) is 6.57. The lowest BCUT2D eigenvalue weighted by atomic mass is 9.86. The number of rotatable bonds is 2. The highest BCUT2D eigenvalue weighted by Crippen LogP contribution is 2.38. The van der Waals surface area contributed by atoms with Crippen molar-refractivity contribution in [2.75, 3.05) is 26.7 Å². The van der Waals surface area contributed by atoms with Crippen molar-refractivity contribution in [2.24, 2.45) is 5.73 Å². The highest BCUT2D eigenvalue weighted by Gasteiger charge is 2.21. The summed E-state index contributed by atoms with van der Waals surface area (Å²) in [5.74, 6) is 0. The van der Waals surface area contributed by atoms with Crippen molar-refractivity contribution in [1.82, 2.24) is 14.9 Å². The van der Waals surface area contributed by atoms with Gasteiger partial charge in [-0.2, -0.15) is 0 Å². The van der Waals surface area contributed by atoms with E-state index in [1.165, 1.54) is 40.7 Å². The maximum atomic E-state index is 5.27. The lowest BCUT2D eigenvalue weighted by molar-refractivity contribution is 0.313. The van der Waals surface area contributed by atoms with Gasteiger partial charge in [0.25, 0.3) is 0 Å². The van der Waals surface area contributed by atoms with E-state index in [1.807, 2.05) is 6.20 Å². The number of likely N-dealkylation sites (tertiary alicyclic amines) is 1. The second-order valence-corrected chi connectivity index (χ2v) is 7.89. The van der Waals surface area contributed by atoms with Gasteiger partial charge in [0.05, 0.1) is 12.0 Å². The first kappa shape index (κ1) is 20.3. The number of nitrogens with zero attached hydrogens (tertiary/aromatic N) is 2. The van der Waals surface area contributed by atoms with Gasteiger partial charge in [0.2, 0.25) is 0 Å². The minimum absolute atomic E-state index is 0.671. The van der Waals surface area contributed by atoms with E-state index >= 15 is 0 Å². The fourth-order valence-corrected chi connectivity index (χ4v) is 4.16. The molecular formula is C26H30N4. The third-order valence-corrected chi connectivity index (χ3v) is 5.80. The Morgan fingerprint density at radius 3 is 2.07 bits per heavy atom. The third-order valence-electron chi connectivity index (χ3n) is 5.80. The maximum absolute atomic E-state index is 5.27. The molecule has 4 nitrogen and oxygen atoms in total. The summed E-state index contributed by atoms with van der Waals surface area (Å²) >= 11 is 0. The summed E-state index contributed by atoms with van der Waals surface area (Å²) < 4.78 is 0. The van der Waals surface area contributed by atoms with E-state index in [0.29, 0.717) is 6.54 Å². The second kappa shape index (κ2) is 9.70. The molecule has 5 rings (SSSR count). The maximum Gasteiger partial charge on any atom is 0.0923 e. The summed E-state index contributed by atoms with van der Waals surface area (Å²) in [6.07, 6.45) is 11.2. The lowest BCUT2D eigenvalue weighted by Gasteiger charge is -2.27. The molecule has 0 amide bonds. The van der Waals surface area contributed by atoms with Gasteiger partial charge in [-0.3, -0.25) is 0 Å². The molecule has 0 bridgehead atoms. The molecule has 154 valence electrons. The molecule has 1 fully saturated rings. The van der Waals surface area contributed by atoms with Crippen LogP contribution in [0.5, 0.6) is 0 Å². The monoisotopic (exact) mass is 398 g/mol. The average Bonchev–Trinajstić information content (AvgIpc) is 3.23. The van der Waals surface area contributed by atoms with Crippen LogP contribution in [0.15, 0.2) is 66.6 Å². The molecule has 1 aliphatic heterocycles. The average molecular weight is 399 g/mol. The summed E-state index contributed by atoms with van der Waals surface area (Å²) in [6.45, 7) is 3.00. The summed E-state index contributed by atoms with van der Waals surface area (Å²) in [5, 5.41) is 0. The molecule has 2 aromatic carbocycles. The van der Waals surface area contributed by atoms with Crippen molar-refractivity contribution in [2.45, 2.75) is 19.3 Å². The van der Waals surface area contributed by atoms with Crippen molar-refractivity contribution in [1.29, 1.82) is 0 Å². The zero-order valence-electron chi connectivity index (χ0n) is 17.6. The fraction of sp³-hybridized carbons (Fsp3) is 0.269. The van der Waals surface area contributed by atoms with Crippen LogP contribution in [0, 0.1) is 0 Å². The summed E-state index contributed by atoms with van der Waals surface area (Å²) in [5.41, 5.74) is 14.8. The first-order valence-corrected chi connectivity index (χ1v) is 10.7. The lowest BCUT2D eigenvalue weighted by Crippen LogP contribution is -2.27. The number of hydrogen-bond acceptors (Lipinski definition) is 3. The van der Waals surface area contributed by atoms with E-state index in [9.17, 15) is 0 Å². The van der Waals surface area contributed by atoms with Gasteiger partial charge in [0.1, 0.15) is 0 Å². The summed E-state index contributed by atoms with van der Waals surface area (Å²) in [4.78, 5) is 9.25. The third kappa shape index (κ3) is 4.61. The second-order valence-electron chi connectivity index (χ2n) is 7.89. The van der Waals surface area contributed by atoms with Crippen molar-refractivity contribution < 1.29 is 0 Å². The van der Waals surface area contributed by atoms with E-state index in [2.05, 4.69) is 82.6 Å². The normalized spacial score (nSPS) is 15.7. The molecule has 2 heterocycles. The number of H-pyrrole nitrogens is 1. The number of nitrogens with one attached hydrogen (secondary N) is 1. The van der Waals surface area contributed by atoms with Crippen LogP contribution in [0.3, 0.4) is 0 Å². The van der Waals surface area contributed by atoms with Gasteiger partial charge in [-0.15, -0.1) is 0 Å². The predicted octanol–water partition coefficient (Wildman–Crippen LogP) is 4.61. The summed E-state index contributed by atoms with van der Waals surface area (Å²) in [6, 6.07) is 17.6. The number of nitrogens with two attached hydrogens (primary N) is 1. The van der Waals surface area contributed by atoms with Gasteiger partial charge in [-0.25, -0.2) is 4.98 Å². The molecule has 0 unspecified atom stereocenters. The van der Waals surface area contributed by atoms with E-state index < -0.39 is 0 Å². The number of piperidine rings is 1. The number of aromatic amines is 1. The molecule has 0 atom stereocenters. The van der Waals surface area contributed by atoms with Crippen molar-refractivity contribution in [3.8, 4) is 0 Å². The van der Waals surface area contributed by atoms with Gasteiger partial charge >= 0.3 is 0 Å². The Bertz CT molecular complexity index is 969. The molecular weight excluding hydrogens is 368 g/mol. The van der Waals surface area contributed by atoms with Crippen LogP contribution in [0.2, 0.25) is 0 Å². The zero-order valence-corrected chi connectivity index (χ0v) is 17.6. The molecule has 0 radical (unpaired) electrons. The topological polar surface area (TPSA) is 57.9 Å². The van der Waals surface area contributed by atoms with Crippen LogP contribution in [0.4, 0.5) is 0 Å². The van der Waals surface area contributed by atoms with Crippen molar-refractivity contribution >= 4 is 17.7 Å². The van der Waals surface area contributed by atoms with Crippen LogP contribution in [-0.2, 0) is 6.42 Å². The van der Waals surface area contributed by atoms with Gasteiger partial charge < -0.3 is 15.6 Å². The quantitative estimate of drug-likeness (QED) is 0.518. The molecule has 3 N–H and O–H groups in total. The Morgan fingerprint density at radius 2 is 1.53 bits per heavy atom. The number of imidazole rings is 1.